The minimum atomic E-state index is -2.94. The molecule has 0 bridgehead atoms. The quantitative estimate of drug-likeness (QED) is 0.770. The van der Waals surface area contributed by atoms with Gasteiger partial charge in [-0.05, 0) is 36.6 Å². The van der Waals surface area contributed by atoms with Gasteiger partial charge in [-0.1, -0.05) is 36.4 Å². The van der Waals surface area contributed by atoms with Crippen LogP contribution in [0.15, 0.2) is 54.6 Å². The third kappa shape index (κ3) is 5.12. The Balaban J connectivity index is 1.65. The highest BCUT2D eigenvalue weighted by Crippen LogP contribution is 2.23. The summed E-state index contributed by atoms with van der Waals surface area (Å²) in [5, 5.41) is 0. The van der Waals surface area contributed by atoms with Crippen LogP contribution in [0.5, 0.6) is 5.75 Å². The number of alkyl halides is 2. The lowest BCUT2D eigenvalue weighted by atomic mass is 9.90. The van der Waals surface area contributed by atoms with Crippen LogP contribution < -0.4 is 4.74 Å². The number of carbonyl (C=O) groups is 2. The fraction of sp³-hybridized carbons (Fsp3) is 0.333. The second-order valence-corrected chi connectivity index (χ2v) is 6.63. The van der Waals surface area contributed by atoms with Crippen LogP contribution in [-0.4, -0.2) is 36.3 Å². The third-order valence-corrected chi connectivity index (χ3v) is 4.69. The Morgan fingerprint density at radius 3 is 2.63 bits per heavy atom. The molecule has 6 heteroatoms. The highest BCUT2D eigenvalue weighted by molar-refractivity contribution is 5.95. The topological polar surface area (TPSA) is 46.6 Å². The van der Waals surface area contributed by atoms with Crippen molar-refractivity contribution in [1.29, 1.82) is 0 Å². The molecule has 27 heavy (non-hydrogen) atoms. The van der Waals surface area contributed by atoms with Crippen LogP contribution in [0.2, 0.25) is 0 Å². The molecule has 1 amide bonds. The van der Waals surface area contributed by atoms with Gasteiger partial charge >= 0.3 is 6.61 Å². The molecule has 0 radical (unpaired) electrons. The number of piperidine rings is 1. The predicted octanol–water partition coefficient (Wildman–Crippen LogP) is 3.95. The van der Waals surface area contributed by atoms with Crippen LogP contribution in [0, 0.1) is 5.92 Å². The molecular formula is C21H21F2NO3. The number of amides is 1. The molecule has 0 spiro atoms. The molecular weight excluding hydrogens is 352 g/mol. The number of carbonyl (C=O) groups excluding carboxylic acids is 2. The van der Waals surface area contributed by atoms with Crippen LogP contribution >= 0.6 is 0 Å². The predicted molar refractivity (Wildman–Crippen MR) is 96.9 cm³/mol. The van der Waals surface area contributed by atoms with Crippen molar-refractivity contribution < 1.29 is 23.1 Å². The summed E-state index contributed by atoms with van der Waals surface area (Å²) in [7, 11) is 0. The van der Waals surface area contributed by atoms with Crippen LogP contribution in [0.25, 0.3) is 0 Å². The smallest absolute Gasteiger partial charge is 0.387 e. The highest BCUT2D eigenvalue weighted by Gasteiger charge is 2.29. The summed E-state index contributed by atoms with van der Waals surface area (Å²) in [4.78, 5) is 27.0. The SMILES string of the molecule is O=C(Cc1ccccc1)[C@H]1CCCN(C(=O)c2cccc(OC(F)F)c2)C1. The van der Waals surface area contributed by atoms with Gasteiger partial charge in [0.1, 0.15) is 11.5 Å². The number of nitrogens with zero attached hydrogens (tertiary/aromatic N) is 1. The van der Waals surface area contributed by atoms with E-state index in [0.29, 0.717) is 19.5 Å². The Hall–Kier alpha value is -2.76. The lowest BCUT2D eigenvalue weighted by Crippen LogP contribution is -2.42. The lowest BCUT2D eigenvalue weighted by Gasteiger charge is -2.32. The van der Waals surface area contributed by atoms with Crippen molar-refractivity contribution in [3.63, 3.8) is 0 Å². The van der Waals surface area contributed by atoms with Crippen molar-refractivity contribution in [3.05, 3.63) is 65.7 Å². The Bertz CT molecular complexity index is 795. The zero-order valence-electron chi connectivity index (χ0n) is 14.8. The van der Waals surface area contributed by atoms with E-state index >= 15 is 0 Å². The summed E-state index contributed by atoms with van der Waals surface area (Å²) in [6, 6.07) is 15.3. The average molecular weight is 373 g/mol. The van der Waals surface area contributed by atoms with Gasteiger partial charge in [0.25, 0.3) is 5.91 Å². The van der Waals surface area contributed by atoms with Gasteiger partial charge in [0.05, 0.1) is 0 Å². The second-order valence-electron chi connectivity index (χ2n) is 6.63. The molecule has 0 N–H and O–H groups in total. The monoisotopic (exact) mass is 373 g/mol. The summed E-state index contributed by atoms with van der Waals surface area (Å²) in [5.41, 5.74) is 1.24. The summed E-state index contributed by atoms with van der Waals surface area (Å²) in [6.07, 6.45) is 1.85. The van der Waals surface area contributed by atoms with Gasteiger partial charge in [-0.2, -0.15) is 8.78 Å². The third-order valence-electron chi connectivity index (χ3n) is 4.69. The van der Waals surface area contributed by atoms with E-state index in [0.717, 1.165) is 18.4 Å². The fourth-order valence-electron chi connectivity index (χ4n) is 3.35. The number of ketones is 1. The zero-order valence-corrected chi connectivity index (χ0v) is 14.8. The number of benzene rings is 2. The number of hydrogen-bond acceptors (Lipinski definition) is 3. The summed E-state index contributed by atoms with van der Waals surface area (Å²) < 4.78 is 29.1. The maximum Gasteiger partial charge on any atom is 0.387 e. The first-order valence-corrected chi connectivity index (χ1v) is 8.93. The van der Waals surface area contributed by atoms with E-state index in [1.54, 1.807) is 11.0 Å². The molecule has 4 nitrogen and oxygen atoms in total. The van der Waals surface area contributed by atoms with E-state index in [-0.39, 0.29) is 28.9 Å². The molecule has 1 aliphatic heterocycles. The van der Waals surface area contributed by atoms with Crippen molar-refractivity contribution in [2.24, 2.45) is 5.92 Å². The maximum atomic E-state index is 12.7. The van der Waals surface area contributed by atoms with Crippen LogP contribution in [0.3, 0.4) is 0 Å². The van der Waals surface area contributed by atoms with Gasteiger partial charge < -0.3 is 9.64 Å². The fourth-order valence-corrected chi connectivity index (χ4v) is 3.35. The molecule has 1 saturated heterocycles. The summed E-state index contributed by atoms with van der Waals surface area (Å²) >= 11 is 0. The highest BCUT2D eigenvalue weighted by atomic mass is 19.3. The minimum Gasteiger partial charge on any atom is -0.435 e. The largest absolute Gasteiger partial charge is 0.435 e. The standard InChI is InChI=1S/C21H21F2NO3/c22-21(23)27-18-10-4-8-16(13-18)20(26)24-11-5-9-17(14-24)19(25)12-15-6-2-1-3-7-15/h1-4,6-8,10,13,17,21H,5,9,11-12,14H2/t17-/m0/s1. The second kappa shape index (κ2) is 8.75. The molecule has 1 fully saturated rings. The van der Waals surface area contributed by atoms with Crippen LogP contribution in [-0.2, 0) is 11.2 Å². The molecule has 3 rings (SSSR count). The van der Waals surface area contributed by atoms with Crippen LogP contribution in [0.4, 0.5) is 8.78 Å². The number of ether oxygens (including phenoxy) is 1. The van der Waals surface area contributed by atoms with Gasteiger partial charge in [-0.15, -0.1) is 0 Å². The number of likely N-dealkylation sites (tertiary alicyclic amines) is 1. The van der Waals surface area contributed by atoms with E-state index in [1.807, 2.05) is 30.3 Å². The van der Waals surface area contributed by atoms with Crippen molar-refractivity contribution in [2.75, 3.05) is 13.1 Å². The van der Waals surface area contributed by atoms with Crippen molar-refractivity contribution in [1.82, 2.24) is 4.90 Å². The average Bonchev–Trinajstić information content (AvgIpc) is 2.68. The van der Waals surface area contributed by atoms with Gasteiger partial charge in [0.15, 0.2) is 0 Å². The number of rotatable bonds is 6. The first-order chi connectivity index (χ1) is 13.0. The molecule has 0 saturated carbocycles. The Kier molecular flexibility index (Phi) is 6.16. The van der Waals surface area contributed by atoms with E-state index in [9.17, 15) is 18.4 Å². The molecule has 1 heterocycles. The molecule has 2 aromatic carbocycles. The van der Waals surface area contributed by atoms with E-state index in [1.165, 1.54) is 18.2 Å². The minimum absolute atomic E-state index is 0.0513. The van der Waals surface area contributed by atoms with Crippen LogP contribution in [0.1, 0.15) is 28.8 Å². The Morgan fingerprint density at radius 2 is 1.89 bits per heavy atom. The number of hydrogen-bond donors (Lipinski definition) is 0. The summed E-state index contributed by atoms with van der Waals surface area (Å²) in [6.45, 7) is -2.04. The molecule has 0 aromatic heterocycles. The number of Topliss-reactive ketones (excluding diaryl/α,β-unsaturated/α-hetero) is 1. The van der Waals surface area contributed by atoms with Gasteiger partial charge in [0.2, 0.25) is 0 Å². The molecule has 2 aromatic rings. The molecule has 0 unspecified atom stereocenters. The molecule has 142 valence electrons. The van der Waals surface area contributed by atoms with E-state index in [2.05, 4.69) is 4.74 Å². The Morgan fingerprint density at radius 1 is 1.11 bits per heavy atom. The van der Waals surface area contributed by atoms with Crippen molar-refractivity contribution in [3.8, 4) is 5.75 Å². The Labute approximate surface area is 156 Å². The van der Waals surface area contributed by atoms with Gasteiger partial charge in [-0.3, -0.25) is 9.59 Å². The maximum absolute atomic E-state index is 12.7. The van der Waals surface area contributed by atoms with Gasteiger partial charge in [0, 0.05) is 31.0 Å². The molecule has 0 aliphatic carbocycles. The first kappa shape index (κ1) is 19.0. The van der Waals surface area contributed by atoms with Gasteiger partial charge in [-0.25, -0.2) is 0 Å². The molecule has 1 aliphatic rings. The van der Waals surface area contributed by atoms with E-state index < -0.39 is 6.61 Å². The van der Waals surface area contributed by atoms with Crippen molar-refractivity contribution in [2.45, 2.75) is 25.9 Å². The zero-order chi connectivity index (χ0) is 19.2. The lowest BCUT2D eigenvalue weighted by molar-refractivity contribution is -0.123. The van der Waals surface area contributed by atoms with E-state index in [4.69, 9.17) is 0 Å². The number of halogens is 2. The van der Waals surface area contributed by atoms with Crippen molar-refractivity contribution >= 4 is 11.7 Å². The summed E-state index contributed by atoms with van der Waals surface area (Å²) in [5.74, 6) is -0.409. The normalized spacial score (nSPS) is 17.0. The first-order valence-electron chi connectivity index (χ1n) is 8.93. The molecule has 1 atom stereocenters.